The van der Waals surface area contributed by atoms with Crippen molar-refractivity contribution in [3.63, 3.8) is 0 Å². The number of anilines is 2. The van der Waals surface area contributed by atoms with E-state index in [1.165, 1.54) is 0 Å². The summed E-state index contributed by atoms with van der Waals surface area (Å²) in [7, 11) is 0. The number of hydrogen-bond acceptors (Lipinski definition) is 4. The fourth-order valence-electron chi connectivity index (χ4n) is 3.35. The van der Waals surface area contributed by atoms with E-state index in [4.69, 9.17) is 4.74 Å². The van der Waals surface area contributed by atoms with Crippen molar-refractivity contribution in [2.75, 3.05) is 36.4 Å². The third-order valence-electron chi connectivity index (χ3n) is 4.86. The first kappa shape index (κ1) is 22.0. The second kappa shape index (κ2) is 9.62. The van der Waals surface area contributed by atoms with Crippen molar-refractivity contribution in [1.29, 1.82) is 0 Å². The zero-order valence-corrected chi connectivity index (χ0v) is 16.7. The van der Waals surface area contributed by atoms with Crippen LogP contribution in [0.3, 0.4) is 0 Å². The highest BCUT2D eigenvalue weighted by Gasteiger charge is 2.30. The minimum absolute atomic E-state index is 0. The Bertz CT molecular complexity index is 559. The molecular formula is C18H29Cl2N3O2. The number of para-hydroxylation sites is 2. The lowest BCUT2D eigenvalue weighted by Gasteiger charge is -2.38. The van der Waals surface area contributed by atoms with Gasteiger partial charge in [0.25, 0.3) is 0 Å². The molecular weight excluding hydrogens is 361 g/mol. The van der Waals surface area contributed by atoms with Crippen molar-refractivity contribution in [2.24, 2.45) is 11.8 Å². The van der Waals surface area contributed by atoms with Crippen LogP contribution in [0, 0.1) is 11.8 Å². The van der Waals surface area contributed by atoms with Gasteiger partial charge in [-0.15, -0.1) is 24.8 Å². The summed E-state index contributed by atoms with van der Waals surface area (Å²) in [6.07, 6.45) is 0.393. The third kappa shape index (κ3) is 5.23. The lowest BCUT2D eigenvalue weighted by Crippen LogP contribution is -2.48. The number of benzene rings is 1. The number of ether oxygens (including phenoxy) is 1. The number of carbonyl (C=O) groups is 1. The molecule has 3 unspecified atom stereocenters. The van der Waals surface area contributed by atoms with Gasteiger partial charge in [0.15, 0.2) is 0 Å². The second-order valence-electron chi connectivity index (χ2n) is 6.88. The van der Waals surface area contributed by atoms with Gasteiger partial charge in [0, 0.05) is 19.0 Å². The minimum Gasteiger partial charge on any atom is -0.372 e. The molecule has 2 aliphatic heterocycles. The Labute approximate surface area is 162 Å². The number of hydrogen-bond donors (Lipinski definition) is 2. The van der Waals surface area contributed by atoms with Crippen molar-refractivity contribution in [2.45, 2.75) is 33.0 Å². The Kier molecular flexibility index (Phi) is 8.48. The van der Waals surface area contributed by atoms with Gasteiger partial charge in [-0.3, -0.25) is 4.79 Å². The van der Waals surface area contributed by atoms with Gasteiger partial charge in [0.05, 0.1) is 23.6 Å². The summed E-state index contributed by atoms with van der Waals surface area (Å²) in [5, 5.41) is 6.37. The first-order chi connectivity index (χ1) is 11.0. The Hall–Kier alpha value is -1.01. The molecule has 2 fully saturated rings. The number of nitrogens with zero attached hydrogens (tertiary/aromatic N) is 1. The third-order valence-corrected chi connectivity index (χ3v) is 4.86. The highest BCUT2D eigenvalue weighted by Crippen LogP contribution is 2.29. The quantitative estimate of drug-likeness (QED) is 0.830. The van der Waals surface area contributed by atoms with Crippen LogP contribution in [-0.2, 0) is 9.53 Å². The summed E-state index contributed by atoms with van der Waals surface area (Å²) in [4.78, 5) is 14.8. The zero-order valence-electron chi connectivity index (χ0n) is 15.0. The highest BCUT2D eigenvalue weighted by molar-refractivity contribution is 5.96. The Morgan fingerprint density at radius 2 is 1.80 bits per heavy atom. The van der Waals surface area contributed by atoms with Crippen LogP contribution >= 0.6 is 24.8 Å². The molecule has 1 aromatic carbocycles. The minimum atomic E-state index is 0. The molecule has 0 aliphatic carbocycles. The maximum atomic E-state index is 12.5. The number of rotatable bonds is 4. The van der Waals surface area contributed by atoms with Crippen LogP contribution in [0.15, 0.2) is 24.3 Å². The average molecular weight is 390 g/mol. The monoisotopic (exact) mass is 389 g/mol. The largest absolute Gasteiger partial charge is 0.372 e. The normalized spacial score (nSPS) is 24.4. The van der Waals surface area contributed by atoms with E-state index < -0.39 is 0 Å². The Balaban J connectivity index is 0.00000156. The summed E-state index contributed by atoms with van der Waals surface area (Å²) in [6.45, 7) is 9.77. The van der Waals surface area contributed by atoms with E-state index in [9.17, 15) is 4.79 Å². The molecule has 0 radical (unpaired) electrons. The number of nitrogens with one attached hydrogen (secondary N) is 2. The molecule has 25 heavy (non-hydrogen) atoms. The topological polar surface area (TPSA) is 53.6 Å². The maximum absolute atomic E-state index is 12.5. The molecule has 2 aliphatic rings. The maximum Gasteiger partial charge on any atom is 0.227 e. The summed E-state index contributed by atoms with van der Waals surface area (Å²) in [5.74, 6) is 0.593. The van der Waals surface area contributed by atoms with Crippen molar-refractivity contribution in [1.82, 2.24) is 5.32 Å². The molecule has 2 heterocycles. The lowest BCUT2D eigenvalue weighted by atomic mass is 9.88. The number of halogens is 2. The second-order valence-corrected chi connectivity index (χ2v) is 6.88. The smallest absolute Gasteiger partial charge is 0.227 e. The van der Waals surface area contributed by atoms with Gasteiger partial charge in [0.2, 0.25) is 5.91 Å². The Morgan fingerprint density at radius 3 is 2.36 bits per heavy atom. The van der Waals surface area contributed by atoms with E-state index in [1.54, 1.807) is 0 Å². The Morgan fingerprint density at radius 1 is 1.20 bits per heavy atom. The van der Waals surface area contributed by atoms with E-state index in [2.05, 4.69) is 35.4 Å². The van der Waals surface area contributed by atoms with E-state index >= 15 is 0 Å². The first-order valence-electron chi connectivity index (χ1n) is 8.55. The molecule has 0 aromatic heterocycles. The van der Waals surface area contributed by atoms with Gasteiger partial charge in [-0.05, 0) is 45.0 Å². The fourth-order valence-corrected chi connectivity index (χ4v) is 3.35. The van der Waals surface area contributed by atoms with E-state index in [0.717, 1.165) is 37.6 Å². The van der Waals surface area contributed by atoms with Crippen LogP contribution in [0.4, 0.5) is 11.4 Å². The van der Waals surface area contributed by atoms with E-state index in [1.807, 2.05) is 25.1 Å². The summed E-state index contributed by atoms with van der Waals surface area (Å²) in [5.41, 5.74) is 1.99. The molecule has 0 spiro atoms. The summed E-state index contributed by atoms with van der Waals surface area (Å²) < 4.78 is 5.81. The van der Waals surface area contributed by atoms with Gasteiger partial charge in [0.1, 0.15) is 0 Å². The number of morpholine rings is 1. The molecule has 1 amide bonds. The van der Waals surface area contributed by atoms with Crippen LogP contribution in [0.1, 0.15) is 20.8 Å². The number of carbonyl (C=O) groups excluding carboxylic acids is 1. The summed E-state index contributed by atoms with van der Waals surface area (Å²) >= 11 is 0. The summed E-state index contributed by atoms with van der Waals surface area (Å²) in [6, 6.07) is 8.07. The first-order valence-corrected chi connectivity index (χ1v) is 8.55. The molecule has 3 rings (SSSR count). The van der Waals surface area contributed by atoms with E-state index in [-0.39, 0.29) is 48.8 Å². The molecule has 142 valence electrons. The standard InChI is InChI=1S/C18H27N3O2.2ClH/c1-12-10-21(11-13(2)23-12)17-7-5-4-6-16(17)20-18(22)14(3)15-8-19-9-15;;/h4-7,12-15,19H,8-11H2,1-3H3,(H,20,22);2*1H. The average Bonchev–Trinajstić information content (AvgIpc) is 2.44. The van der Waals surface area contributed by atoms with Crippen LogP contribution < -0.4 is 15.5 Å². The van der Waals surface area contributed by atoms with Gasteiger partial charge in [-0.25, -0.2) is 0 Å². The highest BCUT2D eigenvalue weighted by atomic mass is 35.5. The molecule has 2 saturated heterocycles. The van der Waals surface area contributed by atoms with Crippen molar-refractivity contribution in [3.8, 4) is 0 Å². The van der Waals surface area contributed by atoms with E-state index in [0.29, 0.717) is 5.92 Å². The van der Waals surface area contributed by atoms with Crippen LogP contribution in [0.2, 0.25) is 0 Å². The fraction of sp³-hybridized carbons (Fsp3) is 0.611. The van der Waals surface area contributed by atoms with Crippen LogP contribution in [0.5, 0.6) is 0 Å². The van der Waals surface area contributed by atoms with Crippen molar-refractivity contribution >= 4 is 42.1 Å². The van der Waals surface area contributed by atoms with Gasteiger partial charge in [-0.2, -0.15) is 0 Å². The lowest BCUT2D eigenvalue weighted by molar-refractivity contribution is -0.121. The SMILES string of the molecule is CC1CN(c2ccccc2NC(=O)C(C)C2CNC2)CC(C)O1.Cl.Cl. The molecule has 3 atom stereocenters. The predicted molar refractivity (Wildman–Crippen MR) is 107 cm³/mol. The van der Waals surface area contributed by atoms with Gasteiger partial charge < -0.3 is 20.3 Å². The molecule has 7 heteroatoms. The molecule has 2 N–H and O–H groups in total. The molecule has 0 bridgehead atoms. The van der Waals surface area contributed by atoms with Crippen molar-refractivity contribution < 1.29 is 9.53 Å². The molecule has 0 saturated carbocycles. The van der Waals surface area contributed by atoms with Gasteiger partial charge >= 0.3 is 0 Å². The zero-order chi connectivity index (χ0) is 16.4. The predicted octanol–water partition coefficient (Wildman–Crippen LogP) is 2.94. The molecule has 5 nitrogen and oxygen atoms in total. The molecule has 1 aromatic rings. The van der Waals surface area contributed by atoms with Gasteiger partial charge in [-0.1, -0.05) is 19.1 Å². The van der Waals surface area contributed by atoms with Crippen LogP contribution in [0.25, 0.3) is 0 Å². The van der Waals surface area contributed by atoms with Crippen molar-refractivity contribution in [3.05, 3.63) is 24.3 Å². The van der Waals surface area contributed by atoms with Crippen LogP contribution in [-0.4, -0.2) is 44.3 Å². The number of amides is 1.